The highest BCUT2D eigenvalue weighted by Gasteiger charge is 2.25. The van der Waals surface area contributed by atoms with Gasteiger partial charge in [0.2, 0.25) is 0 Å². The van der Waals surface area contributed by atoms with E-state index in [0.29, 0.717) is 0 Å². The SMILES string of the molecule is CS(=O)(=O)c1cccc(NCCC(=O)O)c1[N+](=O)[O-]. The lowest BCUT2D eigenvalue weighted by atomic mass is 10.2. The zero-order chi connectivity index (χ0) is 14.6. The van der Waals surface area contributed by atoms with Gasteiger partial charge in [0, 0.05) is 12.8 Å². The minimum atomic E-state index is -3.74. The van der Waals surface area contributed by atoms with Crippen molar-refractivity contribution < 1.29 is 23.2 Å². The molecule has 0 atom stereocenters. The number of aliphatic carboxylic acids is 1. The molecule has 2 N–H and O–H groups in total. The van der Waals surface area contributed by atoms with Gasteiger partial charge in [0.05, 0.1) is 11.3 Å². The van der Waals surface area contributed by atoms with E-state index < -0.39 is 31.3 Å². The van der Waals surface area contributed by atoms with Gasteiger partial charge in [-0.25, -0.2) is 8.42 Å². The summed E-state index contributed by atoms with van der Waals surface area (Å²) in [6, 6.07) is 3.82. The molecule has 0 aliphatic rings. The zero-order valence-corrected chi connectivity index (χ0v) is 10.8. The van der Waals surface area contributed by atoms with Crippen LogP contribution in [0.1, 0.15) is 6.42 Å². The van der Waals surface area contributed by atoms with Crippen molar-refractivity contribution in [3.05, 3.63) is 28.3 Å². The number of anilines is 1. The first-order valence-corrected chi connectivity index (χ1v) is 7.05. The fourth-order valence-electron chi connectivity index (χ4n) is 1.46. The summed E-state index contributed by atoms with van der Waals surface area (Å²) in [5, 5.41) is 22.0. The number of nitro groups is 1. The van der Waals surface area contributed by atoms with Crippen LogP contribution < -0.4 is 5.32 Å². The number of rotatable bonds is 6. The Balaban J connectivity index is 3.18. The minimum Gasteiger partial charge on any atom is -0.481 e. The first-order chi connectivity index (χ1) is 8.73. The Kier molecular flexibility index (Phi) is 4.43. The minimum absolute atomic E-state index is 0.0193. The molecule has 1 aromatic rings. The molecule has 0 aliphatic heterocycles. The van der Waals surface area contributed by atoms with Gasteiger partial charge in [0.1, 0.15) is 10.6 Å². The predicted molar refractivity (Wildman–Crippen MR) is 66.9 cm³/mol. The molecular formula is C10H12N2O6S. The highest BCUT2D eigenvalue weighted by molar-refractivity contribution is 7.90. The van der Waals surface area contributed by atoms with E-state index in [1.165, 1.54) is 12.1 Å². The maximum atomic E-state index is 11.5. The highest BCUT2D eigenvalue weighted by atomic mass is 32.2. The summed E-state index contributed by atoms with van der Waals surface area (Å²) in [5.41, 5.74) is -0.593. The molecule has 0 saturated carbocycles. The van der Waals surface area contributed by atoms with Crippen LogP contribution in [0.2, 0.25) is 0 Å². The third-order valence-electron chi connectivity index (χ3n) is 2.24. The Morgan fingerprint density at radius 3 is 2.58 bits per heavy atom. The van der Waals surface area contributed by atoms with E-state index in [4.69, 9.17) is 5.11 Å². The Labute approximate surface area is 109 Å². The fourth-order valence-corrected chi connectivity index (χ4v) is 2.32. The Morgan fingerprint density at radius 1 is 1.47 bits per heavy atom. The van der Waals surface area contributed by atoms with Crippen molar-refractivity contribution in [1.29, 1.82) is 0 Å². The topological polar surface area (TPSA) is 127 Å². The number of nitro benzene ring substituents is 1. The van der Waals surface area contributed by atoms with Gasteiger partial charge < -0.3 is 10.4 Å². The Morgan fingerprint density at radius 2 is 2.11 bits per heavy atom. The number of nitrogens with zero attached hydrogens (tertiary/aromatic N) is 1. The second kappa shape index (κ2) is 5.65. The second-order valence-corrected chi connectivity index (χ2v) is 5.74. The Bertz CT molecular complexity index is 610. The van der Waals surface area contributed by atoms with Crippen molar-refractivity contribution in [2.24, 2.45) is 0 Å². The average molecular weight is 288 g/mol. The number of carbonyl (C=O) groups is 1. The maximum Gasteiger partial charge on any atom is 0.310 e. The number of hydrogen-bond acceptors (Lipinski definition) is 6. The molecule has 0 amide bonds. The highest BCUT2D eigenvalue weighted by Crippen LogP contribution is 2.31. The van der Waals surface area contributed by atoms with Crippen LogP contribution in [0.4, 0.5) is 11.4 Å². The molecule has 1 rings (SSSR count). The van der Waals surface area contributed by atoms with E-state index in [9.17, 15) is 23.3 Å². The third kappa shape index (κ3) is 3.91. The van der Waals surface area contributed by atoms with Crippen LogP contribution >= 0.6 is 0 Å². The second-order valence-electron chi connectivity index (χ2n) is 3.75. The molecule has 19 heavy (non-hydrogen) atoms. The van der Waals surface area contributed by atoms with Gasteiger partial charge in [-0.3, -0.25) is 14.9 Å². The summed E-state index contributed by atoms with van der Waals surface area (Å²) in [5.74, 6) is -1.06. The van der Waals surface area contributed by atoms with Crippen LogP contribution in [0.5, 0.6) is 0 Å². The van der Waals surface area contributed by atoms with Crippen molar-refractivity contribution in [2.75, 3.05) is 18.1 Å². The molecule has 0 aliphatic carbocycles. The Hall–Kier alpha value is -2.16. The van der Waals surface area contributed by atoms with Crippen molar-refractivity contribution in [2.45, 2.75) is 11.3 Å². The van der Waals surface area contributed by atoms with E-state index in [1.807, 2.05) is 0 Å². The lowest BCUT2D eigenvalue weighted by Crippen LogP contribution is -2.11. The van der Waals surface area contributed by atoms with Gasteiger partial charge in [-0.15, -0.1) is 0 Å². The molecule has 0 heterocycles. The molecule has 0 radical (unpaired) electrons. The van der Waals surface area contributed by atoms with Gasteiger partial charge in [0.15, 0.2) is 9.84 Å². The van der Waals surface area contributed by atoms with Crippen molar-refractivity contribution >= 4 is 27.2 Å². The molecule has 0 fully saturated rings. The van der Waals surface area contributed by atoms with E-state index in [-0.39, 0.29) is 18.7 Å². The molecule has 1 aromatic carbocycles. The first kappa shape index (κ1) is 14.9. The smallest absolute Gasteiger partial charge is 0.310 e. The number of benzene rings is 1. The summed E-state index contributed by atoms with van der Waals surface area (Å²) >= 11 is 0. The average Bonchev–Trinajstić information content (AvgIpc) is 2.26. The molecule has 0 unspecified atom stereocenters. The summed E-state index contributed by atoms with van der Waals surface area (Å²) in [6.07, 6.45) is 0.636. The number of carboxylic acids is 1. The summed E-state index contributed by atoms with van der Waals surface area (Å²) < 4.78 is 22.9. The molecular weight excluding hydrogens is 276 g/mol. The van der Waals surface area contributed by atoms with Gasteiger partial charge in [0.25, 0.3) is 0 Å². The quantitative estimate of drug-likeness (QED) is 0.587. The summed E-state index contributed by atoms with van der Waals surface area (Å²) in [6.45, 7) is -0.0383. The molecule has 0 aromatic heterocycles. The molecule has 0 spiro atoms. The van der Waals surface area contributed by atoms with E-state index in [1.54, 1.807) is 0 Å². The fraction of sp³-hybridized carbons (Fsp3) is 0.300. The van der Waals surface area contributed by atoms with Crippen molar-refractivity contribution in [3.8, 4) is 0 Å². The summed E-state index contributed by atoms with van der Waals surface area (Å²) in [7, 11) is -3.74. The van der Waals surface area contributed by atoms with Crippen LogP contribution in [0.3, 0.4) is 0 Å². The van der Waals surface area contributed by atoms with Gasteiger partial charge in [-0.05, 0) is 12.1 Å². The predicted octanol–water partition coefficient (Wildman–Crippen LogP) is 0.885. The molecule has 9 heteroatoms. The lowest BCUT2D eigenvalue weighted by Gasteiger charge is -2.08. The largest absolute Gasteiger partial charge is 0.481 e. The molecule has 0 bridgehead atoms. The molecule has 0 saturated heterocycles. The van der Waals surface area contributed by atoms with E-state index >= 15 is 0 Å². The monoisotopic (exact) mass is 288 g/mol. The number of hydrogen-bond donors (Lipinski definition) is 2. The van der Waals surface area contributed by atoms with Gasteiger partial charge in [-0.2, -0.15) is 0 Å². The number of sulfone groups is 1. The summed E-state index contributed by atoms with van der Waals surface area (Å²) in [4.78, 5) is 20.1. The number of carboxylic acid groups (broad SMARTS) is 1. The first-order valence-electron chi connectivity index (χ1n) is 5.16. The number of nitrogens with one attached hydrogen (secondary N) is 1. The number of para-hydroxylation sites is 1. The van der Waals surface area contributed by atoms with Crippen LogP contribution in [-0.4, -0.2) is 37.2 Å². The van der Waals surface area contributed by atoms with E-state index in [0.717, 1.165) is 12.3 Å². The zero-order valence-electron chi connectivity index (χ0n) is 9.99. The maximum absolute atomic E-state index is 11.5. The van der Waals surface area contributed by atoms with Crippen LogP contribution in [-0.2, 0) is 14.6 Å². The van der Waals surface area contributed by atoms with Gasteiger partial charge in [-0.1, -0.05) is 6.07 Å². The molecule has 8 nitrogen and oxygen atoms in total. The van der Waals surface area contributed by atoms with Crippen LogP contribution in [0, 0.1) is 10.1 Å². The van der Waals surface area contributed by atoms with Crippen molar-refractivity contribution in [1.82, 2.24) is 0 Å². The van der Waals surface area contributed by atoms with Crippen molar-refractivity contribution in [3.63, 3.8) is 0 Å². The molecule has 104 valence electrons. The normalized spacial score (nSPS) is 11.0. The standard InChI is InChI=1S/C10H12N2O6S/c1-19(17,18)8-4-2-3-7(10(8)12(15)16)11-6-5-9(13)14/h2-4,11H,5-6H2,1H3,(H,13,14). The van der Waals surface area contributed by atoms with Gasteiger partial charge >= 0.3 is 11.7 Å². The third-order valence-corrected chi connectivity index (χ3v) is 3.36. The van der Waals surface area contributed by atoms with Crippen LogP contribution in [0.25, 0.3) is 0 Å². The van der Waals surface area contributed by atoms with Crippen LogP contribution in [0.15, 0.2) is 23.1 Å². The van der Waals surface area contributed by atoms with E-state index in [2.05, 4.69) is 5.32 Å². The lowest BCUT2D eigenvalue weighted by molar-refractivity contribution is -0.386.